The summed E-state index contributed by atoms with van der Waals surface area (Å²) >= 11 is 5.14. The number of methoxy groups -OCH3 is 1. The van der Waals surface area contributed by atoms with E-state index in [0.29, 0.717) is 12.4 Å². The molecule has 128 valence electrons. The average Bonchev–Trinajstić information content (AvgIpc) is 2.78. The van der Waals surface area contributed by atoms with E-state index in [2.05, 4.69) is 49.9 Å². The minimum absolute atomic E-state index is 0.252. The first-order chi connectivity index (χ1) is 11.4. The zero-order valence-electron chi connectivity index (χ0n) is 12.8. The molecule has 0 aliphatic carbocycles. The van der Waals surface area contributed by atoms with E-state index in [4.69, 9.17) is 4.74 Å². The Morgan fingerprint density at radius 2 is 2.04 bits per heavy atom. The Balaban J connectivity index is 2.37. The van der Waals surface area contributed by atoms with E-state index in [0.717, 1.165) is 29.4 Å². The summed E-state index contributed by atoms with van der Waals surface area (Å²) in [5.74, 6) is -0.484. The number of nitrogens with zero attached hydrogens (tertiary/aromatic N) is 1. The number of amides is 2. The first kappa shape index (κ1) is 19.5. The van der Waals surface area contributed by atoms with Gasteiger partial charge in [0.15, 0.2) is 0 Å². The van der Waals surface area contributed by atoms with E-state index in [-0.39, 0.29) is 11.4 Å². The van der Waals surface area contributed by atoms with Gasteiger partial charge in [0, 0.05) is 9.13 Å². The SMILES string of the molecule is CCOc1c(I)cc(I)cc1/C=C1/SC(=O)N(CC(=O)OC)C1=O. The molecule has 0 radical (unpaired) electrons. The molecule has 1 aliphatic heterocycles. The van der Waals surface area contributed by atoms with Gasteiger partial charge in [-0.25, -0.2) is 0 Å². The lowest BCUT2D eigenvalue weighted by atomic mass is 10.2. The number of hydrogen-bond donors (Lipinski definition) is 0. The van der Waals surface area contributed by atoms with Crippen LogP contribution in [0.25, 0.3) is 6.08 Å². The predicted octanol–water partition coefficient (Wildman–Crippen LogP) is 3.50. The molecule has 0 unspecified atom stereocenters. The van der Waals surface area contributed by atoms with Crippen LogP contribution in [0.5, 0.6) is 5.75 Å². The molecule has 6 nitrogen and oxygen atoms in total. The largest absolute Gasteiger partial charge is 0.492 e. The van der Waals surface area contributed by atoms with Gasteiger partial charge in [-0.2, -0.15) is 0 Å². The van der Waals surface area contributed by atoms with Crippen molar-refractivity contribution in [3.8, 4) is 5.75 Å². The molecule has 0 bridgehead atoms. The number of thioether (sulfide) groups is 1. The van der Waals surface area contributed by atoms with Gasteiger partial charge >= 0.3 is 5.97 Å². The number of rotatable bonds is 5. The van der Waals surface area contributed by atoms with Gasteiger partial charge in [0.2, 0.25) is 0 Å². The molecule has 0 aromatic heterocycles. The summed E-state index contributed by atoms with van der Waals surface area (Å²) in [5, 5.41) is -0.491. The second kappa shape index (κ2) is 8.52. The quantitative estimate of drug-likeness (QED) is 0.305. The third-order valence-electron chi connectivity index (χ3n) is 3.00. The molecule has 1 saturated heterocycles. The summed E-state index contributed by atoms with van der Waals surface area (Å²) in [6, 6.07) is 3.84. The molecule has 0 spiro atoms. The van der Waals surface area contributed by atoms with Crippen LogP contribution >= 0.6 is 56.9 Å². The molecule has 1 fully saturated rings. The van der Waals surface area contributed by atoms with E-state index in [1.165, 1.54) is 7.11 Å². The van der Waals surface area contributed by atoms with Crippen molar-refractivity contribution in [1.82, 2.24) is 4.90 Å². The first-order valence-corrected chi connectivity index (χ1v) is 9.78. The minimum atomic E-state index is -0.641. The van der Waals surface area contributed by atoms with Crippen molar-refractivity contribution in [3.63, 3.8) is 0 Å². The number of halogens is 2. The Morgan fingerprint density at radius 1 is 1.33 bits per heavy atom. The average molecular weight is 573 g/mol. The highest BCUT2D eigenvalue weighted by Gasteiger charge is 2.36. The van der Waals surface area contributed by atoms with E-state index in [1.807, 2.05) is 19.1 Å². The maximum atomic E-state index is 12.4. The van der Waals surface area contributed by atoms with E-state index in [9.17, 15) is 14.4 Å². The Morgan fingerprint density at radius 3 is 2.67 bits per heavy atom. The van der Waals surface area contributed by atoms with Crippen LogP contribution in [-0.4, -0.2) is 42.3 Å². The van der Waals surface area contributed by atoms with E-state index >= 15 is 0 Å². The summed E-state index contributed by atoms with van der Waals surface area (Å²) in [4.78, 5) is 36.8. The zero-order chi connectivity index (χ0) is 17.9. The van der Waals surface area contributed by atoms with Gasteiger partial charge in [-0.3, -0.25) is 19.3 Å². The number of ether oxygens (including phenoxy) is 2. The summed E-state index contributed by atoms with van der Waals surface area (Å²) in [7, 11) is 1.21. The lowest BCUT2D eigenvalue weighted by Crippen LogP contribution is -2.34. The third-order valence-corrected chi connectivity index (χ3v) is 5.33. The summed E-state index contributed by atoms with van der Waals surface area (Å²) < 4.78 is 12.1. The van der Waals surface area contributed by atoms with Crippen molar-refractivity contribution in [1.29, 1.82) is 0 Å². The number of imide groups is 1. The molecule has 2 amide bonds. The van der Waals surface area contributed by atoms with Gasteiger partial charge < -0.3 is 9.47 Å². The van der Waals surface area contributed by atoms with Crippen molar-refractivity contribution in [3.05, 3.63) is 29.7 Å². The first-order valence-electron chi connectivity index (χ1n) is 6.81. The summed E-state index contributed by atoms with van der Waals surface area (Å²) in [6.07, 6.45) is 1.62. The van der Waals surface area contributed by atoms with Crippen LogP contribution in [0, 0.1) is 7.14 Å². The van der Waals surface area contributed by atoms with Crippen LogP contribution in [0.2, 0.25) is 0 Å². The van der Waals surface area contributed by atoms with Crippen molar-refractivity contribution < 1.29 is 23.9 Å². The van der Waals surface area contributed by atoms with Gasteiger partial charge in [-0.15, -0.1) is 0 Å². The fourth-order valence-corrected chi connectivity index (χ4v) is 4.83. The number of hydrogen-bond acceptors (Lipinski definition) is 6. The molecule has 24 heavy (non-hydrogen) atoms. The standard InChI is InChI=1S/C15H13I2NO5S/c1-3-23-13-8(4-9(16)6-10(13)17)5-11-14(20)18(15(21)24-11)7-12(19)22-2/h4-6H,3,7H2,1-2H3/b11-5+. The molecule has 1 aromatic carbocycles. The number of carbonyl (C=O) groups is 3. The monoisotopic (exact) mass is 573 g/mol. The number of carbonyl (C=O) groups excluding carboxylic acids is 3. The molecule has 2 rings (SSSR count). The normalized spacial score (nSPS) is 16.0. The van der Waals surface area contributed by atoms with Gasteiger partial charge in [0.25, 0.3) is 11.1 Å². The zero-order valence-corrected chi connectivity index (χ0v) is 17.9. The number of esters is 1. The highest BCUT2D eigenvalue weighted by Crippen LogP contribution is 2.36. The fourth-order valence-electron chi connectivity index (χ4n) is 1.96. The molecule has 1 heterocycles. The highest BCUT2D eigenvalue weighted by molar-refractivity contribution is 14.1. The Hall–Kier alpha value is -0.820. The fraction of sp³-hybridized carbons (Fsp3) is 0.267. The lowest BCUT2D eigenvalue weighted by molar-refractivity contribution is -0.143. The maximum Gasteiger partial charge on any atom is 0.325 e. The second-order valence-corrected chi connectivity index (χ2v) is 7.98. The van der Waals surface area contributed by atoms with E-state index < -0.39 is 17.1 Å². The molecule has 0 N–H and O–H groups in total. The summed E-state index contributed by atoms with van der Waals surface area (Å²) in [6.45, 7) is 1.98. The lowest BCUT2D eigenvalue weighted by Gasteiger charge is -2.11. The van der Waals surface area contributed by atoms with Gasteiger partial charge in [-0.1, -0.05) is 0 Å². The minimum Gasteiger partial charge on any atom is -0.492 e. The molecule has 0 atom stereocenters. The van der Waals surface area contributed by atoms with Gasteiger partial charge in [0.05, 0.1) is 22.2 Å². The molecule has 1 aliphatic rings. The Bertz CT molecular complexity index is 735. The maximum absolute atomic E-state index is 12.4. The Labute approximate surface area is 170 Å². The van der Waals surface area contributed by atoms with Crippen LogP contribution < -0.4 is 4.74 Å². The predicted molar refractivity (Wildman–Crippen MR) is 108 cm³/mol. The third kappa shape index (κ3) is 4.42. The molecule has 9 heteroatoms. The smallest absolute Gasteiger partial charge is 0.325 e. The van der Waals surface area contributed by atoms with Crippen molar-refractivity contribution in [2.24, 2.45) is 0 Å². The molecular weight excluding hydrogens is 560 g/mol. The number of benzene rings is 1. The Kier molecular flexibility index (Phi) is 6.92. The van der Waals surface area contributed by atoms with Crippen LogP contribution in [0.3, 0.4) is 0 Å². The van der Waals surface area contributed by atoms with Crippen LogP contribution in [0.4, 0.5) is 4.79 Å². The van der Waals surface area contributed by atoms with Gasteiger partial charge in [0.1, 0.15) is 12.3 Å². The topological polar surface area (TPSA) is 72.9 Å². The van der Waals surface area contributed by atoms with Crippen molar-refractivity contribution >= 4 is 80.1 Å². The highest BCUT2D eigenvalue weighted by atomic mass is 127. The van der Waals surface area contributed by atoms with Crippen LogP contribution in [0.15, 0.2) is 17.0 Å². The second-order valence-electron chi connectivity index (χ2n) is 4.58. The molecular formula is C15H13I2NO5S. The molecule has 0 saturated carbocycles. The molecule has 1 aromatic rings. The van der Waals surface area contributed by atoms with Crippen molar-refractivity contribution in [2.45, 2.75) is 6.92 Å². The van der Waals surface area contributed by atoms with Crippen LogP contribution in [-0.2, 0) is 14.3 Å². The van der Waals surface area contributed by atoms with Gasteiger partial charge in [-0.05, 0) is 82.1 Å². The van der Waals surface area contributed by atoms with E-state index in [1.54, 1.807) is 6.08 Å². The summed E-state index contributed by atoms with van der Waals surface area (Å²) in [5.41, 5.74) is 0.719. The van der Waals surface area contributed by atoms with Crippen molar-refractivity contribution in [2.75, 3.05) is 20.3 Å². The van der Waals surface area contributed by atoms with Crippen LogP contribution in [0.1, 0.15) is 12.5 Å².